The Hall–Kier alpha value is -2.21. The standard InChI is InChI=1S/C16H13BrN4O/c17-13-6-2-1-5-10(13)11-9-12(11)15(22)18-16-20-19-14-7-3-4-8-21(14)16/h1-8,11-12H,9H2,(H,18,20,22)/t11-,12-/m1/s1. The Labute approximate surface area is 135 Å². The van der Waals surface area contributed by atoms with Crippen molar-refractivity contribution in [3.8, 4) is 0 Å². The van der Waals surface area contributed by atoms with Crippen LogP contribution in [-0.4, -0.2) is 20.5 Å². The van der Waals surface area contributed by atoms with Gasteiger partial charge in [0, 0.05) is 16.6 Å². The van der Waals surface area contributed by atoms with Crippen LogP contribution in [0.1, 0.15) is 17.9 Å². The van der Waals surface area contributed by atoms with Crippen LogP contribution in [0.2, 0.25) is 0 Å². The monoisotopic (exact) mass is 356 g/mol. The van der Waals surface area contributed by atoms with Crippen LogP contribution < -0.4 is 5.32 Å². The SMILES string of the molecule is O=C(Nc1nnc2ccccn12)[C@@H]1C[C@@H]1c1ccccc1Br. The van der Waals surface area contributed by atoms with Gasteiger partial charge in [0.05, 0.1) is 0 Å². The molecule has 2 heterocycles. The minimum atomic E-state index is -0.00485. The van der Waals surface area contributed by atoms with Gasteiger partial charge in [0.1, 0.15) is 0 Å². The highest BCUT2D eigenvalue weighted by Crippen LogP contribution is 2.49. The number of nitrogens with one attached hydrogen (secondary N) is 1. The minimum absolute atomic E-state index is 0.00101. The Morgan fingerprint density at radius 2 is 2.00 bits per heavy atom. The molecular weight excluding hydrogens is 344 g/mol. The predicted octanol–water partition coefficient (Wildman–Crippen LogP) is 3.23. The van der Waals surface area contributed by atoms with Crippen molar-refractivity contribution in [2.75, 3.05) is 5.32 Å². The molecule has 0 bridgehead atoms. The quantitative estimate of drug-likeness (QED) is 0.783. The maximum Gasteiger partial charge on any atom is 0.235 e. The molecule has 0 radical (unpaired) electrons. The van der Waals surface area contributed by atoms with Crippen molar-refractivity contribution >= 4 is 33.4 Å². The lowest BCUT2D eigenvalue weighted by atomic mass is 10.1. The molecule has 1 aliphatic carbocycles. The third-order valence-electron chi connectivity index (χ3n) is 3.98. The highest BCUT2D eigenvalue weighted by molar-refractivity contribution is 9.10. The lowest BCUT2D eigenvalue weighted by molar-refractivity contribution is -0.117. The fourth-order valence-corrected chi connectivity index (χ4v) is 3.31. The van der Waals surface area contributed by atoms with Gasteiger partial charge in [0.15, 0.2) is 5.65 Å². The molecular formula is C16H13BrN4O. The van der Waals surface area contributed by atoms with E-state index in [4.69, 9.17) is 0 Å². The zero-order valence-corrected chi connectivity index (χ0v) is 13.2. The van der Waals surface area contributed by atoms with Crippen molar-refractivity contribution < 1.29 is 4.79 Å². The molecule has 0 saturated heterocycles. The maximum atomic E-state index is 12.4. The van der Waals surface area contributed by atoms with Gasteiger partial charge in [-0.3, -0.25) is 14.5 Å². The number of fused-ring (bicyclic) bond motifs is 1. The van der Waals surface area contributed by atoms with Gasteiger partial charge < -0.3 is 0 Å². The number of halogens is 1. The van der Waals surface area contributed by atoms with E-state index in [1.807, 2.05) is 42.6 Å². The summed E-state index contributed by atoms with van der Waals surface area (Å²) < 4.78 is 2.83. The van der Waals surface area contributed by atoms with Crippen LogP contribution in [0.5, 0.6) is 0 Å². The van der Waals surface area contributed by atoms with E-state index in [0.717, 1.165) is 16.5 Å². The molecule has 1 N–H and O–H groups in total. The Morgan fingerprint density at radius 3 is 2.86 bits per heavy atom. The average molecular weight is 357 g/mol. The van der Waals surface area contributed by atoms with E-state index in [0.29, 0.717) is 5.95 Å². The molecule has 1 aliphatic rings. The van der Waals surface area contributed by atoms with Crippen molar-refractivity contribution in [3.63, 3.8) is 0 Å². The number of rotatable bonds is 3. The fourth-order valence-electron chi connectivity index (χ4n) is 2.73. The van der Waals surface area contributed by atoms with Gasteiger partial charge >= 0.3 is 0 Å². The summed E-state index contributed by atoms with van der Waals surface area (Å²) in [6, 6.07) is 13.7. The number of hydrogen-bond acceptors (Lipinski definition) is 3. The molecule has 0 aliphatic heterocycles. The van der Waals surface area contributed by atoms with Gasteiger partial charge in [0.25, 0.3) is 0 Å². The Kier molecular flexibility index (Phi) is 3.18. The summed E-state index contributed by atoms with van der Waals surface area (Å²) in [5.74, 6) is 0.738. The van der Waals surface area contributed by atoms with E-state index in [2.05, 4.69) is 37.5 Å². The number of anilines is 1. The van der Waals surface area contributed by atoms with Crippen LogP contribution in [0.15, 0.2) is 53.1 Å². The average Bonchev–Trinajstić information content (AvgIpc) is 3.24. The van der Waals surface area contributed by atoms with Gasteiger partial charge in [-0.25, -0.2) is 0 Å². The van der Waals surface area contributed by atoms with Gasteiger partial charge in [0.2, 0.25) is 11.9 Å². The molecule has 22 heavy (non-hydrogen) atoms. The number of benzene rings is 1. The largest absolute Gasteiger partial charge is 0.294 e. The molecule has 1 saturated carbocycles. The smallest absolute Gasteiger partial charge is 0.235 e. The lowest BCUT2D eigenvalue weighted by Gasteiger charge is -2.04. The number of carbonyl (C=O) groups is 1. The Morgan fingerprint density at radius 1 is 1.18 bits per heavy atom. The van der Waals surface area contributed by atoms with Crippen molar-refractivity contribution in [3.05, 3.63) is 58.7 Å². The van der Waals surface area contributed by atoms with Crippen molar-refractivity contribution in [1.82, 2.24) is 14.6 Å². The van der Waals surface area contributed by atoms with Crippen LogP contribution in [0, 0.1) is 5.92 Å². The summed E-state index contributed by atoms with van der Waals surface area (Å²) in [4.78, 5) is 12.4. The van der Waals surface area contributed by atoms with Gasteiger partial charge in [-0.05, 0) is 36.1 Å². The van der Waals surface area contributed by atoms with E-state index in [-0.39, 0.29) is 17.7 Å². The van der Waals surface area contributed by atoms with Crippen molar-refractivity contribution in [2.45, 2.75) is 12.3 Å². The molecule has 0 unspecified atom stereocenters. The third-order valence-corrected chi connectivity index (χ3v) is 4.70. The number of aromatic nitrogens is 3. The molecule has 2 aromatic heterocycles. The van der Waals surface area contributed by atoms with Crippen LogP contribution in [0.25, 0.3) is 5.65 Å². The van der Waals surface area contributed by atoms with Gasteiger partial charge in [-0.2, -0.15) is 0 Å². The molecule has 110 valence electrons. The summed E-state index contributed by atoms with van der Waals surface area (Å²) >= 11 is 3.55. The molecule has 6 heteroatoms. The second kappa shape index (κ2) is 5.21. The lowest BCUT2D eigenvalue weighted by Crippen LogP contribution is -2.16. The summed E-state index contributed by atoms with van der Waals surface area (Å²) in [6.45, 7) is 0. The van der Waals surface area contributed by atoms with Crippen LogP contribution >= 0.6 is 15.9 Å². The second-order valence-electron chi connectivity index (χ2n) is 5.41. The highest BCUT2D eigenvalue weighted by atomic mass is 79.9. The highest BCUT2D eigenvalue weighted by Gasteiger charge is 2.45. The first-order valence-corrected chi connectivity index (χ1v) is 7.88. The van der Waals surface area contributed by atoms with E-state index < -0.39 is 0 Å². The summed E-state index contributed by atoms with van der Waals surface area (Å²) in [5, 5.41) is 10.9. The summed E-state index contributed by atoms with van der Waals surface area (Å²) in [5.41, 5.74) is 1.91. The zero-order chi connectivity index (χ0) is 15.1. The molecule has 1 fully saturated rings. The Balaban J connectivity index is 1.51. The Bertz CT molecular complexity index is 860. The topological polar surface area (TPSA) is 59.3 Å². The van der Waals surface area contributed by atoms with Gasteiger partial charge in [-0.1, -0.05) is 40.2 Å². The fraction of sp³-hybridized carbons (Fsp3) is 0.188. The maximum absolute atomic E-state index is 12.4. The molecule has 1 amide bonds. The van der Waals surface area contributed by atoms with Crippen molar-refractivity contribution in [2.24, 2.45) is 5.92 Å². The number of hydrogen-bond donors (Lipinski definition) is 1. The molecule has 3 aromatic rings. The summed E-state index contributed by atoms with van der Waals surface area (Å²) in [6.07, 6.45) is 2.70. The second-order valence-corrected chi connectivity index (χ2v) is 6.27. The van der Waals surface area contributed by atoms with E-state index in [1.54, 1.807) is 4.40 Å². The molecule has 0 spiro atoms. The van der Waals surface area contributed by atoms with E-state index in [9.17, 15) is 4.79 Å². The number of nitrogens with zero attached hydrogens (tertiary/aromatic N) is 3. The molecule has 1 aromatic carbocycles. The van der Waals surface area contributed by atoms with Gasteiger partial charge in [-0.15, -0.1) is 10.2 Å². The van der Waals surface area contributed by atoms with Crippen molar-refractivity contribution in [1.29, 1.82) is 0 Å². The zero-order valence-electron chi connectivity index (χ0n) is 11.6. The molecule has 4 rings (SSSR count). The third kappa shape index (κ3) is 2.29. The number of amides is 1. The minimum Gasteiger partial charge on any atom is -0.294 e. The first kappa shape index (κ1) is 13.5. The van der Waals surface area contributed by atoms with E-state index in [1.165, 1.54) is 5.56 Å². The first-order chi connectivity index (χ1) is 10.7. The number of carbonyl (C=O) groups excluding carboxylic acids is 1. The molecule has 5 nitrogen and oxygen atoms in total. The van der Waals surface area contributed by atoms with E-state index >= 15 is 0 Å². The predicted molar refractivity (Wildman–Crippen MR) is 86.6 cm³/mol. The number of pyridine rings is 1. The normalized spacial score (nSPS) is 20.0. The first-order valence-electron chi connectivity index (χ1n) is 7.09. The van der Waals surface area contributed by atoms with Crippen LogP contribution in [0.3, 0.4) is 0 Å². The van der Waals surface area contributed by atoms with Crippen LogP contribution in [-0.2, 0) is 4.79 Å². The summed E-state index contributed by atoms with van der Waals surface area (Å²) in [7, 11) is 0. The molecule has 2 atom stereocenters. The van der Waals surface area contributed by atoms with Crippen LogP contribution in [0.4, 0.5) is 5.95 Å².